The predicted molar refractivity (Wildman–Crippen MR) is 89.8 cm³/mol. The van der Waals surface area contributed by atoms with Crippen molar-refractivity contribution in [2.75, 3.05) is 12.8 Å². The molecular weight excluding hydrogens is 315 g/mol. The Kier molecular flexibility index (Phi) is 6.43. The Bertz CT molecular complexity index is 649. The normalized spacial score (nSPS) is 11.8. The second kappa shape index (κ2) is 8.55. The van der Waals surface area contributed by atoms with Crippen LogP contribution in [0, 0.1) is 5.82 Å². The minimum Gasteiger partial charge on any atom is -0.387 e. The molecule has 0 unspecified atom stereocenters. The maximum Gasteiger partial charge on any atom is 0.315 e. The number of amides is 2. The van der Waals surface area contributed by atoms with Crippen LogP contribution in [-0.2, 0) is 6.54 Å². The summed E-state index contributed by atoms with van der Waals surface area (Å²) in [4.78, 5) is 12.9. The van der Waals surface area contributed by atoms with Gasteiger partial charge in [-0.25, -0.2) is 9.18 Å². The minimum absolute atomic E-state index is 0.0146. The molecule has 0 bridgehead atoms. The van der Waals surface area contributed by atoms with Crippen molar-refractivity contribution in [1.29, 1.82) is 0 Å². The van der Waals surface area contributed by atoms with Crippen LogP contribution in [0.15, 0.2) is 53.4 Å². The Labute approximate surface area is 139 Å². The summed E-state index contributed by atoms with van der Waals surface area (Å²) in [5, 5.41) is 15.2. The summed E-state index contributed by atoms with van der Waals surface area (Å²) in [6.45, 7) is 0.414. The average Bonchev–Trinajstić information content (AvgIpc) is 2.58. The van der Waals surface area contributed by atoms with Gasteiger partial charge in [-0.3, -0.25) is 0 Å². The van der Waals surface area contributed by atoms with Crippen LogP contribution >= 0.6 is 11.8 Å². The molecule has 23 heavy (non-hydrogen) atoms. The molecule has 0 heterocycles. The highest BCUT2D eigenvalue weighted by atomic mass is 32.2. The first-order chi connectivity index (χ1) is 11.1. The highest BCUT2D eigenvalue weighted by molar-refractivity contribution is 7.98. The van der Waals surface area contributed by atoms with E-state index in [0.29, 0.717) is 12.1 Å². The molecule has 0 spiro atoms. The Morgan fingerprint density at radius 1 is 1.22 bits per heavy atom. The molecular formula is C17H19FN2O2S. The number of thioether (sulfide) groups is 1. The SMILES string of the molecule is CSc1ccc(CNC(=O)NC[C@@H](O)c2cccc(F)c2)cc1. The third-order valence-corrected chi connectivity index (χ3v) is 4.05. The van der Waals surface area contributed by atoms with Crippen molar-refractivity contribution in [2.45, 2.75) is 17.5 Å². The van der Waals surface area contributed by atoms with E-state index in [-0.39, 0.29) is 12.6 Å². The van der Waals surface area contributed by atoms with E-state index >= 15 is 0 Å². The minimum atomic E-state index is -0.947. The molecule has 0 saturated heterocycles. The van der Waals surface area contributed by atoms with Crippen molar-refractivity contribution in [3.8, 4) is 0 Å². The van der Waals surface area contributed by atoms with E-state index in [4.69, 9.17) is 0 Å². The van der Waals surface area contributed by atoms with Gasteiger partial charge < -0.3 is 15.7 Å². The van der Waals surface area contributed by atoms with Gasteiger partial charge in [-0.05, 0) is 41.6 Å². The number of aliphatic hydroxyl groups excluding tert-OH is 1. The van der Waals surface area contributed by atoms with Crippen LogP contribution in [0.5, 0.6) is 0 Å². The summed E-state index contributed by atoms with van der Waals surface area (Å²) in [5.41, 5.74) is 1.42. The molecule has 4 nitrogen and oxygen atoms in total. The van der Waals surface area contributed by atoms with Crippen LogP contribution in [0.2, 0.25) is 0 Å². The van der Waals surface area contributed by atoms with Crippen LogP contribution in [-0.4, -0.2) is 23.9 Å². The van der Waals surface area contributed by atoms with E-state index in [2.05, 4.69) is 10.6 Å². The van der Waals surface area contributed by atoms with Gasteiger partial charge in [-0.15, -0.1) is 11.8 Å². The fourth-order valence-corrected chi connectivity index (χ4v) is 2.42. The standard InChI is InChI=1S/C17H19FN2O2S/c1-23-15-7-5-12(6-8-15)10-19-17(22)20-11-16(21)13-3-2-4-14(18)9-13/h2-9,16,21H,10-11H2,1H3,(H2,19,20,22)/t16-/m1/s1. The number of halogens is 1. The summed E-state index contributed by atoms with van der Waals surface area (Å²) in [6, 6.07) is 13.2. The molecule has 0 fully saturated rings. The number of carbonyl (C=O) groups is 1. The highest BCUT2D eigenvalue weighted by Gasteiger charge is 2.10. The van der Waals surface area contributed by atoms with Gasteiger partial charge in [0.2, 0.25) is 0 Å². The van der Waals surface area contributed by atoms with E-state index in [0.717, 1.165) is 10.5 Å². The smallest absolute Gasteiger partial charge is 0.315 e. The predicted octanol–water partition coefficient (Wildman–Crippen LogP) is 3.08. The number of benzene rings is 2. The zero-order chi connectivity index (χ0) is 16.7. The van der Waals surface area contributed by atoms with Gasteiger partial charge in [-0.2, -0.15) is 0 Å². The molecule has 1 atom stereocenters. The van der Waals surface area contributed by atoms with Gasteiger partial charge in [0.1, 0.15) is 5.82 Å². The van der Waals surface area contributed by atoms with E-state index in [9.17, 15) is 14.3 Å². The summed E-state index contributed by atoms with van der Waals surface area (Å²) in [5.74, 6) is -0.417. The topological polar surface area (TPSA) is 61.4 Å². The highest BCUT2D eigenvalue weighted by Crippen LogP contribution is 2.15. The Hall–Kier alpha value is -2.05. The first-order valence-corrected chi connectivity index (χ1v) is 8.39. The maximum absolute atomic E-state index is 13.1. The van der Waals surface area contributed by atoms with Crippen LogP contribution in [0.1, 0.15) is 17.2 Å². The molecule has 0 aliphatic heterocycles. The third kappa shape index (κ3) is 5.58. The fraction of sp³-hybridized carbons (Fsp3) is 0.235. The summed E-state index contributed by atoms with van der Waals surface area (Å²) >= 11 is 1.66. The molecule has 2 aromatic carbocycles. The first-order valence-electron chi connectivity index (χ1n) is 7.16. The fourth-order valence-electron chi connectivity index (χ4n) is 2.01. The van der Waals surface area contributed by atoms with Gasteiger partial charge in [0, 0.05) is 18.0 Å². The zero-order valence-corrected chi connectivity index (χ0v) is 13.6. The largest absolute Gasteiger partial charge is 0.387 e. The molecule has 0 aliphatic carbocycles. The van der Waals surface area contributed by atoms with Crippen molar-refractivity contribution in [2.24, 2.45) is 0 Å². The Morgan fingerprint density at radius 3 is 2.61 bits per heavy atom. The summed E-state index contributed by atoms with van der Waals surface area (Å²) < 4.78 is 13.1. The second-order valence-electron chi connectivity index (χ2n) is 4.98. The van der Waals surface area contributed by atoms with E-state index < -0.39 is 11.9 Å². The molecule has 0 aromatic heterocycles. The lowest BCUT2D eigenvalue weighted by molar-refractivity contribution is 0.172. The van der Waals surface area contributed by atoms with E-state index in [1.54, 1.807) is 17.8 Å². The van der Waals surface area contributed by atoms with Crippen molar-refractivity contribution in [1.82, 2.24) is 10.6 Å². The van der Waals surface area contributed by atoms with Crippen molar-refractivity contribution in [3.63, 3.8) is 0 Å². The zero-order valence-electron chi connectivity index (χ0n) is 12.8. The second-order valence-corrected chi connectivity index (χ2v) is 5.86. The quantitative estimate of drug-likeness (QED) is 0.712. The van der Waals surface area contributed by atoms with Gasteiger partial charge in [-0.1, -0.05) is 24.3 Å². The molecule has 0 saturated carbocycles. The van der Waals surface area contributed by atoms with Crippen LogP contribution in [0.3, 0.4) is 0 Å². The molecule has 0 radical (unpaired) electrons. The molecule has 2 rings (SSSR count). The number of aliphatic hydroxyl groups is 1. The van der Waals surface area contributed by atoms with Crippen molar-refractivity contribution in [3.05, 3.63) is 65.5 Å². The lowest BCUT2D eigenvalue weighted by atomic mass is 10.1. The number of hydrogen-bond donors (Lipinski definition) is 3. The van der Waals surface area contributed by atoms with Gasteiger partial charge in [0.15, 0.2) is 0 Å². The summed E-state index contributed by atoms with van der Waals surface area (Å²) in [6.07, 6.45) is 1.06. The van der Waals surface area contributed by atoms with Crippen LogP contribution in [0.4, 0.5) is 9.18 Å². The van der Waals surface area contributed by atoms with E-state index in [1.165, 1.54) is 18.2 Å². The molecule has 2 amide bonds. The lowest BCUT2D eigenvalue weighted by Crippen LogP contribution is -2.37. The van der Waals surface area contributed by atoms with Crippen molar-refractivity contribution >= 4 is 17.8 Å². The molecule has 2 aromatic rings. The average molecular weight is 334 g/mol. The molecule has 122 valence electrons. The number of carbonyl (C=O) groups excluding carboxylic acids is 1. The number of rotatable bonds is 6. The lowest BCUT2D eigenvalue weighted by Gasteiger charge is -2.13. The maximum atomic E-state index is 13.1. The van der Waals surface area contributed by atoms with Crippen LogP contribution in [0.25, 0.3) is 0 Å². The number of urea groups is 1. The van der Waals surface area contributed by atoms with Crippen molar-refractivity contribution < 1.29 is 14.3 Å². The van der Waals surface area contributed by atoms with Crippen LogP contribution < -0.4 is 10.6 Å². The van der Waals surface area contributed by atoms with Gasteiger partial charge in [0.05, 0.1) is 6.10 Å². The molecule has 0 aliphatic rings. The molecule has 6 heteroatoms. The Balaban J connectivity index is 1.76. The van der Waals surface area contributed by atoms with E-state index in [1.807, 2.05) is 30.5 Å². The van der Waals surface area contributed by atoms with Gasteiger partial charge >= 0.3 is 6.03 Å². The monoisotopic (exact) mass is 334 g/mol. The summed E-state index contributed by atoms with van der Waals surface area (Å²) in [7, 11) is 0. The van der Waals surface area contributed by atoms with Gasteiger partial charge in [0.25, 0.3) is 0 Å². The molecule has 3 N–H and O–H groups in total. The third-order valence-electron chi connectivity index (χ3n) is 3.30. The number of hydrogen-bond acceptors (Lipinski definition) is 3. The Morgan fingerprint density at radius 2 is 1.96 bits per heavy atom. The number of nitrogens with one attached hydrogen (secondary N) is 2. The first kappa shape index (κ1) is 17.3.